The highest BCUT2D eigenvalue weighted by Crippen LogP contribution is 2.22. The van der Waals surface area contributed by atoms with Gasteiger partial charge < -0.3 is 10.6 Å². The molecule has 0 spiro atoms. The van der Waals surface area contributed by atoms with E-state index in [1.165, 1.54) is 19.3 Å². The van der Waals surface area contributed by atoms with Gasteiger partial charge in [-0.15, -0.1) is 0 Å². The lowest BCUT2D eigenvalue weighted by Gasteiger charge is -2.25. The monoisotopic (exact) mass is 283 g/mol. The molecule has 1 amide bonds. The molecule has 3 rings (SSSR count). The van der Waals surface area contributed by atoms with E-state index in [0.717, 1.165) is 36.8 Å². The van der Waals surface area contributed by atoms with Gasteiger partial charge in [-0.25, -0.2) is 4.98 Å². The number of carbonyl (C=O) groups excluding carboxylic acids is 1. The van der Waals surface area contributed by atoms with Crippen molar-refractivity contribution in [2.45, 2.75) is 32.1 Å². The van der Waals surface area contributed by atoms with Gasteiger partial charge in [0.1, 0.15) is 5.82 Å². The number of para-hydroxylation sites is 1. The lowest BCUT2D eigenvalue weighted by atomic mass is 10.0. The van der Waals surface area contributed by atoms with Crippen molar-refractivity contribution in [3.63, 3.8) is 0 Å². The highest BCUT2D eigenvalue weighted by molar-refractivity contribution is 6.06. The maximum absolute atomic E-state index is 12.9. The maximum Gasteiger partial charge on any atom is 0.254 e. The zero-order chi connectivity index (χ0) is 14.7. The molecule has 0 bridgehead atoms. The summed E-state index contributed by atoms with van der Waals surface area (Å²) >= 11 is 0. The van der Waals surface area contributed by atoms with E-state index in [2.05, 4.69) is 4.98 Å². The number of hydrogen-bond acceptors (Lipinski definition) is 3. The van der Waals surface area contributed by atoms with E-state index in [-0.39, 0.29) is 5.91 Å². The standard InChI is InChI=1S/C17H21N3O/c18-16-12-14(13-8-4-5-9-15(13)19-16)17(21)20-10-6-2-1-3-7-11-20/h4-5,8-9,12H,1-3,6-7,10-11H2,(H2,18,19). The summed E-state index contributed by atoms with van der Waals surface area (Å²) < 4.78 is 0. The Labute approximate surface area is 125 Å². The van der Waals surface area contributed by atoms with Crippen LogP contribution in [0.4, 0.5) is 5.82 Å². The molecule has 4 nitrogen and oxygen atoms in total. The third-order valence-electron chi connectivity index (χ3n) is 4.11. The van der Waals surface area contributed by atoms with Crippen LogP contribution < -0.4 is 5.73 Å². The molecular formula is C17H21N3O. The zero-order valence-electron chi connectivity index (χ0n) is 12.2. The number of nitrogens with zero attached hydrogens (tertiary/aromatic N) is 2. The fourth-order valence-electron chi connectivity index (χ4n) is 2.99. The normalized spacial score (nSPS) is 16.5. The minimum atomic E-state index is 0.0854. The highest BCUT2D eigenvalue weighted by Gasteiger charge is 2.19. The Morgan fingerprint density at radius 2 is 1.71 bits per heavy atom. The van der Waals surface area contributed by atoms with Crippen molar-refractivity contribution in [3.05, 3.63) is 35.9 Å². The molecule has 1 saturated heterocycles. The zero-order valence-corrected chi connectivity index (χ0v) is 12.2. The average Bonchev–Trinajstić information content (AvgIpc) is 2.45. The van der Waals surface area contributed by atoms with Gasteiger partial charge in [-0.2, -0.15) is 0 Å². The van der Waals surface area contributed by atoms with E-state index in [4.69, 9.17) is 5.73 Å². The maximum atomic E-state index is 12.9. The number of aromatic nitrogens is 1. The molecule has 2 heterocycles. The largest absolute Gasteiger partial charge is 0.384 e. The van der Waals surface area contributed by atoms with Crippen LogP contribution in [0.2, 0.25) is 0 Å². The van der Waals surface area contributed by atoms with E-state index in [1.807, 2.05) is 29.2 Å². The molecule has 4 heteroatoms. The molecule has 21 heavy (non-hydrogen) atoms. The number of carbonyl (C=O) groups is 1. The topological polar surface area (TPSA) is 59.2 Å². The van der Waals surface area contributed by atoms with Crippen LogP contribution in [-0.2, 0) is 0 Å². The Balaban J connectivity index is 1.96. The SMILES string of the molecule is Nc1cc(C(=O)N2CCCCCCC2)c2ccccc2n1. The summed E-state index contributed by atoms with van der Waals surface area (Å²) in [5.41, 5.74) is 7.33. The smallest absolute Gasteiger partial charge is 0.254 e. The summed E-state index contributed by atoms with van der Waals surface area (Å²) in [5, 5.41) is 0.888. The summed E-state index contributed by atoms with van der Waals surface area (Å²) in [4.78, 5) is 19.2. The quantitative estimate of drug-likeness (QED) is 0.874. The molecule has 0 saturated carbocycles. The number of nitrogens with two attached hydrogens (primary N) is 1. The molecule has 1 aromatic carbocycles. The van der Waals surface area contributed by atoms with Crippen molar-refractivity contribution < 1.29 is 4.79 Å². The Morgan fingerprint density at radius 3 is 2.48 bits per heavy atom. The van der Waals surface area contributed by atoms with Gasteiger partial charge in [0.05, 0.1) is 11.1 Å². The second-order valence-electron chi connectivity index (χ2n) is 5.67. The molecule has 0 unspecified atom stereocenters. The third-order valence-corrected chi connectivity index (χ3v) is 4.11. The first-order valence-corrected chi connectivity index (χ1v) is 7.70. The molecule has 1 fully saturated rings. The van der Waals surface area contributed by atoms with E-state index >= 15 is 0 Å². The van der Waals surface area contributed by atoms with E-state index in [0.29, 0.717) is 11.4 Å². The summed E-state index contributed by atoms with van der Waals surface area (Å²) in [7, 11) is 0. The minimum Gasteiger partial charge on any atom is -0.384 e. The number of hydrogen-bond donors (Lipinski definition) is 1. The van der Waals surface area contributed by atoms with Gasteiger partial charge in [0.2, 0.25) is 0 Å². The number of benzene rings is 1. The van der Waals surface area contributed by atoms with Gasteiger partial charge in [0.25, 0.3) is 5.91 Å². The number of anilines is 1. The van der Waals surface area contributed by atoms with Crippen molar-refractivity contribution in [2.75, 3.05) is 18.8 Å². The van der Waals surface area contributed by atoms with Crippen LogP contribution in [0.15, 0.2) is 30.3 Å². The lowest BCUT2D eigenvalue weighted by molar-refractivity contribution is 0.0744. The number of amides is 1. The molecule has 0 aliphatic carbocycles. The fourth-order valence-corrected chi connectivity index (χ4v) is 2.99. The van der Waals surface area contributed by atoms with E-state index in [9.17, 15) is 4.79 Å². The summed E-state index contributed by atoms with van der Waals surface area (Å²) in [6, 6.07) is 9.40. The first kappa shape index (κ1) is 13.9. The van der Waals surface area contributed by atoms with E-state index in [1.54, 1.807) is 6.07 Å². The number of fused-ring (bicyclic) bond motifs is 1. The van der Waals surface area contributed by atoms with Crippen LogP contribution in [0.5, 0.6) is 0 Å². The van der Waals surface area contributed by atoms with Gasteiger partial charge in [0.15, 0.2) is 0 Å². The molecule has 2 N–H and O–H groups in total. The van der Waals surface area contributed by atoms with Gasteiger partial charge >= 0.3 is 0 Å². The molecule has 110 valence electrons. The molecule has 1 aromatic heterocycles. The van der Waals surface area contributed by atoms with Crippen LogP contribution in [-0.4, -0.2) is 28.9 Å². The molecule has 0 atom stereocenters. The van der Waals surface area contributed by atoms with Gasteiger partial charge in [-0.3, -0.25) is 4.79 Å². The summed E-state index contributed by atoms with van der Waals surface area (Å²) in [5.74, 6) is 0.492. The van der Waals surface area contributed by atoms with E-state index < -0.39 is 0 Å². The molecule has 1 aliphatic heterocycles. The summed E-state index contributed by atoms with van der Waals surface area (Å²) in [6.07, 6.45) is 5.88. The second kappa shape index (κ2) is 6.12. The molecule has 2 aromatic rings. The van der Waals surface area contributed by atoms with Crippen LogP contribution in [0.25, 0.3) is 10.9 Å². The first-order valence-electron chi connectivity index (χ1n) is 7.70. The van der Waals surface area contributed by atoms with Crippen LogP contribution >= 0.6 is 0 Å². The van der Waals surface area contributed by atoms with Crippen molar-refractivity contribution in [3.8, 4) is 0 Å². The number of rotatable bonds is 1. The Kier molecular flexibility index (Phi) is 4.04. The predicted molar refractivity (Wildman–Crippen MR) is 85.1 cm³/mol. The molecule has 1 aliphatic rings. The Bertz CT molecular complexity index is 646. The Hall–Kier alpha value is -2.10. The van der Waals surface area contributed by atoms with Crippen LogP contribution in [0.1, 0.15) is 42.5 Å². The average molecular weight is 283 g/mol. The third kappa shape index (κ3) is 2.99. The molecule has 0 radical (unpaired) electrons. The first-order chi connectivity index (χ1) is 10.3. The van der Waals surface area contributed by atoms with Gasteiger partial charge in [-0.05, 0) is 25.0 Å². The van der Waals surface area contributed by atoms with Gasteiger partial charge in [-0.1, -0.05) is 37.5 Å². The highest BCUT2D eigenvalue weighted by atomic mass is 16.2. The number of nitrogen functional groups attached to an aromatic ring is 1. The molecular weight excluding hydrogens is 262 g/mol. The number of likely N-dealkylation sites (tertiary alicyclic amines) is 1. The lowest BCUT2D eigenvalue weighted by Crippen LogP contribution is -2.34. The second-order valence-corrected chi connectivity index (χ2v) is 5.67. The van der Waals surface area contributed by atoms with Gasteiger partial charge in [0, 0.05) is 18.5 Å². The van der Waals surface area contributed by atoms with Crippen LogP contribution in [0, 0.1) is 0 Å². The van der Waals surface area contributed by atoms with Crippen molar-refractivity contribution in [2.24, 2.45) is 0 Å². The Morgan fingerprint density at radius 1 is 1.05 bits per heavy atom. The minimum absolute atomic E-state index is 0.0854. The predicted octanol–water partition coefficient (Wildman–Crippen LogP) is 3.22. The van der Waals surface area contributed by atoms with Crippen molar-refractivity contribution >= 4 is 22.6 Å². The van der Waals surface area contributed by atoms with Crippen LogP contribution in [0.3, 0.4) is 0 Å². The fraction of sp³-hybridized carbons (Fsp3) is 0.412. The van der Waals surface area contributed by atoms with Crippen molar-refractivity contribution in [1.82, 2.24) is 9.88 Å². The van der Waals surface area contributed by atoms with Crippen molar-refractivity contribution in [1.29, 1.82) is 0 Å². The summed E-state index contributed by atoms with van der Waals surface area (Å²) in [6.45, 7) is 1.69. The number of pyridine rings is 1.